The lowest BCUT2D eigenvalue weighted by Crippen LogP contribution is -1.89. The number of benzene rings is 1. The third-order valence-corrected chi connectivity index (χ3v) is 4.41. The number of halogens is 1. The summed E-state index contributed by atoms with van der Waals surface area (Å²) in [6.45, 7) is 1.91. The van der Waals surface area contributed by atoms with Crippen LogP contribution in [-0.2, 0) is 0 Å². The summed E-state index contributed by atoms with van der Waals surface area (Å²) in [5.74, 6) is -0.258. The van der Waals surface area contributed by atoms with Crippen LogP contribution in [0.25, 0.3) is 10.6 Å². The molecule has 2 heterocycles. The first kappa shape index (κ1) is 13.0. The van der Waals surface area contributed by atoms with Crippen molar-refractivity contribution in [1.29, 1.82) is 0 Å². The van der Waals surface area contributed by atoms with Crippen molar-refractivity contribution < 1.29 is 4.39 Å². The zero-order valence-corrected chi connectivity index (χ0v) is 12.2. The van der Waals surface area contributed by atoms with Gasteiger partial charge in [-0.15, -0.1) is 11.3 Å². The molecule has 4 nitrogen and oxygen atoms in total. The van der Waals surface area contributed by atoms with Gasteiger partial charge in [0, 0.05) is 11.1 Å². The maximum Gasteiger partial charge on any atom is 0.187 e. The minimum atomic E-state index is -0.258. The molecule has 20 heavy (non-hydrogen) atoms. The van der Waals surface area contributed by atoms with Crippen molar-refractivity contribution in [2.45, 2.75) is 6.92 Å². The van der Waals surface area contributed by atoms with Gasteiger partial charge in [0.2, 0.25) is 0 Å². The number of nitrogens with two attached hydrogens (primary N) is 1. The Morgan fingerprint density at radius 3 is 2.60 bits per heavy atom. The number of anilines is 3. The molecule has 0 saturated carbocycles. The molecule has 0 atom stereocenters. The van der Waals surface area contributed by atoms with E-state index in [2.05, 4.69) is 15.3 Å². The fraction of sp³-hybridized carbons (Fsp3) is 0.0769. The lowest BCUT2D eigenvalue weighted by molar-refractivity contribution is 0.628. The van der Waals surface area contributed by atoms with Gasteiger partial charge in [0.05, 0.1) is 16.3 Å². The Bertz CT molecular complexity index is 733. The fourth-order valence-corrected chi connectivity index (χ4v) is 3.34. The van der Waals surface area contributed by atoms with Gasteiger partial charge in [0.25, 0.3) is 0 Å². The molecule has 0 bridgehead atoms. The lowest BCUT2D eigenvalue weighted by atomic mass is 10.3. The number of hydrogen-bond acceptors (Lipinski definition) is 6. The molecule has 0 saturated heterocycles. The molecule has 0 aliphatic heterocycles. The summed E-state index contributed by atoms with van der Waals surface area (Å²) >= 11 is 2.91. The van der Waals surface area contributed by atoms with E-state index in [0.29, 0.717) is 5.13 Å². The zero-order valence-electron chi connectivity index (χ0n) is 10.6. The summed E-state index contributed by atoms with van der Waals surface area (Å²) in [6.07, 6.45) is 0. The number of nitrogens with zero attached hydrogens (tertiary/aromatic N) is 2. The second-order valence-electron chi connectivity index (χ2n) is 4.14. The van der Waals surface area contributed by atoms with E-state index in [1.54, 1.807) is 12.1 Å². The first-order valence-corrected chi connectivity index (χ1v) is 7.53. The molecule has 7 heteroatoms. The van der Waals surface area contributed by atoms with Crippen molar-refractivity contribution in [3.8, 4) is 10.6 Å². The predicted octanol–water partition coefficient (Wildman–Crippen LogP) is 4.04. The Labute approximate surface area is 123 Å². The van der Waals surface area contributed by atoms with E-state index in [9.17, 15) is 4.39 Å². The predicted molar refractivity (Wildman–Crippen MR) is 82.1 cm³/mol. The summed E-state index contributed by atoms with van der Waals surface area (Å²) in [7, 11) is 0. The highest BCUT2D eigenvalue weighted by Gasteiger charge is 2.11. The van der Waals surface area contributed by atoms with E-state index in [-0.39, 0.29) is 5.82 Å². The molecule has 0 spiro atoms. The van der Waals surface area contributed by atoms with E-state index in [1.165, 1.54) is 34.8 Å². The van der Waals surface area contributed by atoms with Crippen LogP contribution in [-0.4, -0.2) is 9.97 Å². The quantitative estimate of drug-likeness (QED) is 0.766. The standard InChI is InChI=1S/C13H11FN4S2/c1-7-11(20-12(15)16-7)10-6-19-13(18-10)17-9-4-2-8(14)3-5-9/h2-6H,1H3,(H2,15,16)(H,17,18). The van der Waals surface area contributed by atoms with Crippen LogP contribution in [0.1, 0.15) is 5.69 Å². The van der Waals surface area contributed by atoms with Crippen LogP contribution in [0.4, 0.5) is 20.3 Å². The van der Waals surface area contributed by atoms with Crippen LogP contribution < -0.4 is 11.1 Å². The smallest absolute Gasteiger partial charge is 0.187 e. The molecule has 2 aromatic heterocycles. The molecule has 3 aromatic rings. The number of nitrogens with one attached hydrogen (secondary N) is 1. The molecule has 102 valence electrons. The topological polar surface area (TPSA) is 63.8 Å². The Kier molecular flexibility index (Phi) is 3.37. The molecular formula is C13H11FN4S2. The molecule has 1 aromatic carbocycles. The number of rotatable bonds is 3. The summed E-state index contributed by atoms with van der Waals surface area (Å²) in [5, 5.41) is 6.38. The Balaban J connectivity index is 1.83. The van der Waals surface area contributed by atoms with E-state index in [0.717, 1.165) is 27.1 Å². The largest absolute Gasteiger partial charge is 0.375 e. The average molecular weight is 306 g/mol. The SMILES string of the molecule is Cc1nc(N)sc1-c1csc(Nc2ccc(F)cc2)n1. The molecule has 0 aliphatic carbocycles. The van der Waals surface area contributed by atoms with Crippen molar-refractivity contribution in [2.24, 2.45) is 0 Å². The number of aryl methyl sites for hydroxylation is 1. The highest BCUT2D eigenvalue weighted by molar-refractivity contribution is 7.19. The van der Waals surface area contributed by atoms with Gasteiger partial charge in [-0.05, 0) is 31.2 Å². The molecule has 0 fully saturated rings. The van der Waals surface area contributed by atoms with Crippen LogP contribution in [0.15, 0.2) is 29.6 Å². The van der Waals surface area contributed by atoms with Gasteiger partial charge < -0.3 is 11.1 Å². The van der Waals surface area contributed by atoms with Crippen LogP contribution in [0, 0.1) is 12.7 Å². The Morgan fingerprint density at radius 2 is 1.95 bits per heavy atom. The first-order chi connectivity index (χ1) is 9.61. The molecular weight excluding hydrogens is 295 g/mol. The monoisotopic (exact) mass is 306 g/mol. The molecule has 0 amide bonds. The zero-order chi connectivity index (χ0) is 14.1. The second-order valence-corrected chi connectivity index (χ2v) is 6.03. The number of aromatic nitrogens is 2. The first-order valence-electron chi connectivity index (χ1n) is 5.83. The van der Waals surface area contributed by atoms with Gasteiger partial charge in [-0.1, -0.05) is 11.3 Å². The van der Waals surface area contributed by atoms with Crippen molar-refractivity contribution in [3.63, 3.8) is 0 Å². The van der Waals surface area contributed by atoms with Crippen LogP contribution in [0.3, 0.4) is 0 Å². The highest BCUT2D eigenvalue weighted by Crippen LogP contribution is 2.33. The normalized spacial score (nSPS) is 10.7. The van der Waals surface area contributed by atoms with Gasteiger partial charge in [-0.2, -0.15) is 0 Å². The highest BCUT2D eigenvalue weighted by atomic mass is 32.1. The van der Waals surface area contributed by atoms with Crippen molar-refractivity contribution in [3.05, 3.63) is 41.2 Å². The van der Waals surface area contributed by atoms with Crippen LogP contribution >= 0.6 is 22.7 Å². The van der Waals surface area contributed by atoms with E-state index >= 15 is 0 Å². The van der Waals surface area contributed by atoms with E-state index in [4.69, 9.17) is 5.73 Å². The van der Waals surface area contributed by atoms with Gasteiger partial charge in [0.15, 0.2) is 10.3 Å². The van der Waals surface area contributed by atoms with E-state index in [1.807, 2.05) is 12.3 Å². The Hall–Kier alpha value is -1.99. The lowest BCUT2D eigenvalue weighted by Gasteiger charge is -2.01. The maximum atomic E-state index is 12.8. The summed E-state index contributed by atoms with van der Waals surface area (Å²) in [4.78, 5) is 9.67. The van der Waals surface area contributed by atoms with Crippen molar-refractivity contribution in [1.82, 2.24) is 9.97 Å². The van der Waals surface area contributed by atoms with Gasteiger partial charge in [0.1, 0.15) is 5.82 Å². The third kappa shape index (κ3) is 2.63. The number of hydrogen-bond donors (Lipinski definition) is 2. The molecule has 3 rings (SSSR count). The molecule has 3 N–H and O–H groups in total. The average Bonchev–Trinajstić information content (AvgIpc) is 2.99. The second kappa shape index (κ2) is 5.18. The number of thiazole rings is 2. The van der Waals surface area contributed by atoms with Gasteiger partial charge in [-0.3, -0.25) is 0 Å². The summed E-state index contributed by atoms with van der Waals surface area (Å²) in [6, 6.07) is 6.16. The third-order valence-electron chi connectivity index (χ3n) is 2.65. The van der Waals surface area contributed by atoms with E-state index < -0.39 is 0 Å². The Morgan fingerprint density at radius 1 is 1.20 bits per heavy atom. The van der Waals surface area contributed by atoms with Gasteiger partial charge >= 0.3 is 0 Å². The van der Waals surface area contributed by atoms with Crippen LogP contribution in [0.2, 0.25) is 0 Å². The van der Waals surface area contributed by atoms with Crippen LogP contribution in [0.5, 0.6) is 0 Å². The minimum Gasteiger partial charge on any atom is -0.375 e. The molecule has 0 radical (unpaired) electrons. The van der Waals surface area contributed by atoms with Crippen molar-refractivity contribution >= 4 is 38.6 Å². The van der Waals surface area contributed by atoms with Crippen molar-refractivity contribution in [2.75, 3.05) is 11.1 Å². The maximum absolute atomic E-state index is 12.8. The molecule has 0 aliphatic rings. The molecule has 0 unspecified atom stereocenters. The summed E-state index contributed by atoms with van der Waals surface area (Å²) in [5.41, 5.74) is 8.23. The fourth-order valence-electron chi connectivity index (χ4n) is 1.75. The number of nitrogen functional groups attached to an aromatic ring is 1. The minimum absolute atomic E-state index is 0.258. The summed E-state index contributed by atoms with van der Waals surface area (Å²) < 4.78 is 12.8. The van der Waals surface area contributed by atoms with Gasteiger partial charge in [-0.25, -0.2) is 14.4 Å².